The van der Waals surface area contributed by atoms with Crippen molar-refractivity contribution in [1.29, 1.82) is 0 Å². The highest BCUT2D eigenvalue weighted by molar-refractivity contribution is 5.81. The van der Waals surface area contributed by atoms with E-state index in [-0.39, 0.29) is 5.97 Å². The number of hydrogen-bond donors (Lipinski definition) is 1. The van der Waals surface area contributed by atoms with Crippen LogP contribution in [0.1, 0.15) is 38.5 Å². The van der Waals surface area contributed by atoms with Crippen molar-refractivity contribution in [3.8, 4) is 0 Å². The molecule has 0 aromatic rings. The molecule has 3 rings (SSSR count). The number of nitrogens with zero attached hydrogens (tertiary/aromatic N) is 2. The van der Waals surface area contributed by atoms with Crippen LogP contribution >= 0.6 is 0 Å². The van der Waals surface area contributed by atoms with Crippen molar-refractivity contribution in [2.75, 3.05) is 34.3 Å². The smallest absolute Gasteiger partial charge is 0.326 e. The second-order valence-corrected chi connectivity index (χ2v) is 7.05. The summed E-state index contributed by atoms with van der Waals surface area (Å²) in [5.74, 6) is -0.0963. The Balaban J connectivity index is 1.67. The van der Waals surface area contributed by atoms with Crippen molar-refractivity contribution in [2.24, 2.45) is 0 Å². The highest BCUT2D eigenvalue weighted by atomic mass is 16.5. The first-order chi connectivity index (χ1) is 10.1. The minimum absolute atomic E-state index is 0.0963. The average Bonchev–Trinajstić information content (AvgIpc) is 3.01. The zero-order valence-corrected chi connectivity index (χ0v) is 13.6. The minimum atomic E-state index is -0.462. The number of ether oxygens (including phenoxy) is 1. The molecule has 1 N–H and O–H groups in total. The Bertz CT molecular complexity index is 403. The Morgan fingerprint density at radius 3 is 2.67 bits per heavy atom. The highest BCUT2D eigenvalue weighted by Crippen LogP contribution is 2.37. The minimum Gasteiger partial charge on any atom is -0.468 e. The molecule has 3 aliphatic rings. The molecule has 0 amide bonds. The van der Waals surface area contributed by atoms with E-state index in [4.69, 9.17) is 4.74 Å². The van der Waals surface area contributed by atoms with Crippen LogP contribution in [0.5, 0.6) is 0 Å². The maximum atomic E-state index is 12.1. The maximum Gasteiger partial charge on any atom is 0.326 e. The molecule has 2 aliphatic heterocycles. The number of carbonyl (C=O) groups excluding carboxylic acids is 1. The lowest BCUT2D eigenvalue weighted by molar-refractivity contribution is -0.148. The van der Waals surface area contributed by atoms with Gasteiger partial charge in [0.25, 0.3) is 0 Å². The maximum absolute atomic E-state index is 12.1. The number of methoxy groups -OCH3 is 1. The molecule has 2 bridgehead atoms. The van der Waals surface area contributed by atoms with Gasteiger partial charge < -0.3 is 10.1 Å². The molecule has 4 atom stereocenters. The van der Waals surface area contributed by atoms with Gasteiger partial charge in [-0.25, -0.2) is 0 Å². The van der Waals surface area contributed by atoms with E-state index in [2.05, 4.69) is 22.2 Å². The summed E-state index contributed by atoms with van der Waals surface area (Å²) in [5.41, 5.74) is -0.462. The van der Waals surface area contributed by atoms with E-state index in [1.807, 2.05) is 7.05 Å². The van der Waals surface area contributed by atoms with E-state index in [1.165, 1.54) is 39.5 Å². The third-order valence-electron chi connectivity index (χ3n) is 6.24. The molecule has 0 spiro atoms. The first-order valence-electron chi connectivity index (χ1n) is 8.33. The zero-order valence-electron chi connectivity index (χ0n) is 13.6. The van der Waals surface area contributed by atoms with Crippen LogP contribution in [0, 0.1) is 0 Å². The molecule has 120 valence electrons. The number of nitrogens with one attached hydrogen (secondary N) is 1. The molecule has 2 heterocycles. The van der Waals surface area contributed by atoms with Gasteiger partial charge in [-0.15, -0.1) is 0 Å². The fourth-order valence-electron chi connectivity index (χ4n) is 4.71. The van der Waals surface area contributed by atoms with E-state index in [0.29, 0.717) is 12.1 Å². The van der Waals surface area contributed by atoms with Crippen molar-refractivity contribution < 1.29 is 9.53 Å². The predicted octanol–water partition coefficient (Wildman–Crippen LogP) is 0.839. The van der Waals surface area contributed by atoms with Crippen LogP contribution in [-0.2, 0) is 9.53 Å². The fourth-order valence-corrected chi connectivity index (χ4v) is 4.71. The summed E-state index contributed by atoms with van der Waals surface area (Å²) in [6, 6.07) is 2.00. The van der Waals surface area contributed by atoms with Crippen LogP contribution in [-0.4, -0.2) is 73.7 Å². The number of hydrogen-bond acceptors (Lipinski definition) is 5. The largest absolute Gasteiger partial charge is 0.468 e. The second kappa shape index (κ2) is 5.86. The summed E-state index contributed by atoms with van der Waals surface area (Å²) < 4.78 is 5.03. The number of carbonyl (C=O) groups is 1. The topological polar surface area (TPSA) is 44.8 Å². The Hall–Kier alpha value is -0.650. The van der Waals surface area contributed by atoms with Gasteiger partial charge in [0.05, 0.1) is 7.11 Å². The molecule has 0 aromatic heterocycles. The van der Waals surface area contributed by atoms with Crippen LogP contribution < -0.4 is 5.32 Å². The monoisotopic (exact) mass is 295 g/mol. The summed E-state index contributed by atoms with van der Waals surface area (Å²) in [4.78, 5) is 17.4. The van der Waals surface area contributed by atoms with Gasteiger partial charge in [-0.1, -0.05) is 0 Å². The van der Waals surface area contributed by atoms with Crippen molar-refractivity contribution >= 4 is 5.97 Å². The number of fused-ring (bicyclic) bond motifs is 2. The molecule has 1 saturated carbocycles. The Kier molecular flexibility index (Phi) is 4.26. The Morgan fingerprint density at radius 1 is 1.19 bits per heavy atom. The first kappa shape index (κ1) is 15.3. The van der Waals surface area contributed by atoms with Crippen molar-refractivity contribution in [2.45, 2.75) is 62.2 Å². The molecule has 0 radical (unpaired) electrons. The summed E-state index contributed by atoms with van der Waals surface area (Å²) in [6.07, 6.45) is 6.84. The zero-order chi connectivity index (χ0) is 15.0. The van der Waals surface area contributed by atoms with Gasteiger partial charge in [0.2, 0.25) is 0 Å². The van der Waals surface area contributed by atoms with Crippen molar-refractivity contribution in [3.63, 3.8) is 0 Å². The first-order valence-corrected chi connectivity index (χ1v) is 8.33. The molecule has 5 nitrogen and oxygen atoms in total. The molecule has 4 unspecified atom stereocenters. The quantitative estimate of drug-likeness (QED) is 0.782. The molecule has 1 aliphatic carbocycles. The third kappa shape index (κ3) is 2.60. The summed E-state index contributed by atoms with van der Waals surface area (Å²) in [7, 11) is 5.67. The summed E-state index contributed by atoms with van der Waals surface area (Å²) in [6.45, 7) is 2.34. The lowest BCUT2D eigenvalue weighted by atomic mass is 9.97. The van der Waals surface area contributed by atoms with Gasteiger partial charge in [-0.05, 0) is 59.2 Å². The van der Waals surface area contributed by atoms with E-state index in [0.717, 1.165) is 25.3 Å². The van der Waals surface area contributed by atoms with Gasteiger partial charge in [-0.3, -0.25) is 14.6 Å². The fraction of sp³-hybridized carbons (Fsp3) is 0.938. The molecular weight excluding hydrogens is 266 g/mol. The average molecular weight is 295 g/mol. The Morgan fingerprint density at radius 2 is 1.95 bits per heavy atom. The molecule has 3 fully saturated rings. The summed E-state index contributed by atoms with van der Waals surface area (Å²) >= 11 is 0. The number of rotatable bonds is 3. The van der Waals surface area contributed by atoms with Gasteiger partial charge in [0, 0.05) is 24.7 Å². The van der Waals surface area contributed by atoms with Gasteiger partial charge in [-0.2, -0.15) is 0 Å². The second-order valence-electron chi connectivity index (χ2n) is 7.05. The molecule has 0 aromatic carbocycles. The normalized spacial score (nSPS) is 41.2. The lowest BCUT2D eigenvalue weighted by Gasteiger charge is -2.32. The Labute approximate surface area is 128 Å². The number of likely N-dealkylation sites (tertiary alicyclic amines) is 1. The van der Waals surface area contributed by atoms with Crippen LogP contribution in [0.3, 0.4) is 0 Å². The van der Waals surface area contributed by atoms with Gasteiger partial charge >= 0.3 is 5.97 Å². The predicted molar refractivity (Wildman–Crippen MR) is 82.2 cm³/mol. The van der Waals surface area contributed by atoms with E-state index in [9.17, 15) is 4.79 Å². The summed E-state index contributed by atoms with van der Waals surface area (Å²) in [5, 5.41) is 3.24. The van der Waals surface area contributed by atoms with Crippen LogP contribution in [0.4, 0.5) is 0 Å². The molecular formula is C16H29N3O2. The van der Waals surface area contributed by atoms with Crippen molar-refractivity contribution in [1.82, 2.24) is 15.1 Å². The molecule has 5 heteroatoms. The van der Waals surface area contributed by atoms with E-state index >= 15 is 0 Å². The SMILES string of the molecule is CNC1(C(=O)OC)CCC(N2CCC3CCC(C2)N3C)C1. The van der Waals surface area contributed by atoms with E-state index < -0.39 is 5.54 Å². The van der Waals surface area contributed by atoms with Gasteiger partial charge in [0.15, 0.2) is 0 Å². The highest BCUT2D eigenvalue weighted by Gasteiger charge is 2.48. The van der Waals surface area contributed by atoms with Gasteiger partial charge in [0.1, 0.15) is 5.54 Å². The number of likely N-dealkylation sites (N-methyl/N-ethyl adjacent to an activating group) is 2. The number of esters is 1. The van der Waals surface area contributed by atoms with Crippen LogP contribution in [0.15, 0.2) is 0 Å². The van der Waals surface area contributed by atoms with Crippen LogP contribution in [0.25, 0.3) is 0 Å². The third-order valence-corrected chi connectivity index (χ3v) is 6.24. The van der Waals surface area contributed by atoms with E-state index in [1.54, 1.807) is 0 Å². The standard InChI is InChI=1S/C16H29N3O2/c1-17-16(15(20)21-3)8-6-13(10-16)19-9-7-12-4-5-14(11-19)18(12)2/h12-14,17H,4-11H2,1-3H3. The van der Waals surface area contributed by atoms with Crippen molar-refractivity contribution in [3.05, 3.63) is 0 Å². The molecule has 21 heavy (non-hydrogen) atoms. The molecule has 2 saturated heterocycles. The van der Waals surface area contributed by atoms with Crippen LogP contribution in [0.2, 0.25) is 0 Å². The lowest BCUT2D eigenvalue weighted by Crippen LogP contribution is -2.50.